The summed E-state index contributed by atoms with van der Waals surface area (Å²) in [6.07, 6.45) is 7.72. The first-order valence-electron chi connectivity index (χ1n) is 6.17. The van der Waals surface area contributed by atoms with Gasteiger partial charge in [-0.1, -0.05) is 56.9 Å². The fourth-order valence-electron chi connectivity index (χ4n) is 1.78. The van der Waals surface area contributed by atoms with E-state index in [1.807, 2.05) is 12.1 Å². The molecule has 3 N–H and O–H groups in total. The number of hydrogen-bond donors (Lipinski definition) is 2. The molecule has 0 heterocycles. The zero-order valence-corrected chi connectivity index (χ0v) is 10.1. The highest BCUT2D eigenvalue weighted by Crippen LogP contribution is 2.10. The van der Waals surface area contributed by atoms with Gasteiger partial charge in [0.05, 0.1) is 0 Å². The fourth-order valence-corrected chi connectivity index (χ4v) is 1.78. The molecule has 0 bridgehead atoms. The Bertz CT molecular complexity index is 314. The lowest BCUT2D eigenvalue weighted by Crippen LogP contribution is -2.10. The molecular weight excluding hydrogens is 196 g/mol. The first-order valence-corrected chi connectivity index (χ1v) is 6.17. The van der Waals surface area contributed by atoms with Crippen LogP contribution in [0.2, 0.25) is 0 Å². The van der Waals surface area contributed by atoms with E-state index in [1.165, 1.54) is 37.7 Å². The SMILES string of the molecule is CCCCCCCc1ccc(C(=N)N)cc1. The second-order valence-electron chi connectivity index (χ2n) is 4.27. The predicted octanol–water partition coefficient (Wildman–Crippen LogP) is 3.48. The van der Waals surface area contributed by atoms with Crippen LogP contribution in [0.5, 0.6) is 0 Å². The first kappa shape index (κ1) is 12.8. The standard InChI is InChI=1S/C14H22N2/c1-2-3-4-5-6-7-12-8-10-13(11-9-12)14(15)16/h8-11H,2-7H2,1H3,(H3,15,16). The van der Waals surface area contributed by atoms with Crippen molar-refractivity contribution in [2.75, 3.05) is 0 Å². The molecule has 0 aliphatic heterocycles. The summed E-state index contributed by atoms with van der Waals surface area (Å²) in [6.45, 7) is 2.24. The van der Waals surface area contributed by atoms with Crippen molar-refractivity contribution in [3.05, 3.63) is 35.4 Å². The van der Waals surface area contributed by atoms with E-state index < -0.39 is 0 Å². The molecule has 0 aromatic heterocycles. The third-order valence-electron chi connectivity index (χ3n) is 2.83. The zero-order valence-electron chi connectivity index (χ0n) is 10.1. The van der Waals surface area contributed by atoms with E-state index in [9.17, 15) is 0 Å². The average molecular weight is 218 g/mol. The lowest BCUT2D eigenvalue weighted by atomic mass is 10.0. The van der Waals surface area contributed by atoms with Gasteiger partial charge < -0.3 is 5.73 Å². The molecule has 0 radical (unpaired) electrons. The number of nitrogen functional groups attached to an aromatic ring is 1. The highest BCUT2D eigenvalue weighted by atomic mass is 14.7. The largest absolute Gasteiger partial charge is 0.384 e. The van der Waals surface area contributed by atoms with Gasteiger partial charge in [0.25, 0.3) is 0 Å². The number of amidine groups is 1. The number of nitrogens with two attached hydrogens (primary N) is 1. The van der Waals surface area contributed by atoms with Crippen molar-refractivity contribution in [1.82, 2.24) is 0 Å². The molecule has 2 nitrogen and oxygen atoms in total. The molecule has 1 rings (SSSR count). The highest BCUT2D eigenvalue weighted by molar-refractivity contribution is 5.94. The van der Waals surface area contributed by atoms with Gasteiger partial charge >= 0.3 is 0 Å². The second-order valence-corrected chi connectivity index (χ2v) is 4.27. The minimum atomic E-state index is 0.148. The summed E-state index contributed by atoms with van der Waals surface area (Å²) in [4.78, 5) is 0. The first-order chi connectivity index (χ1) is 7.74. The molecule has 2 heteroatoms. The number of benzene rings is 1. The van der Waals surface area contributed by atoms with Crippen LogP contribution in [0.4, 0.5) is 0 Å². The molecule has 0 atom stereocenters. The monoisotopic (exact) mass is 218 g/mol. The van der Waals surface area contributed by atoms with Gasteiger partial charge in [0.2, 0.25) is 0 Å². The van der Waals surface area contributed by atoms with E-state index in [-0.39, 0.29) is 5.84 Å². The van der Waals surface area contributed by atoms with Crippen LogP contribution in [0.25, 0.3) is 0 Å². The van der Waals surface area contributed by atoms with Crippen molar-refractivity contribution in [2.45, 2.75) is 45.4 Å². The highest BCUT2D eigenvalue weighted by Gasteiger charge is 1.97. The molecule has 0 spiro atoms. The summed E-state index contributed by atoms with van der Waals surface area (Å²) in [7, 11) is 0. The molecule has 0 aliphatic carbocycles. The summed E-state index contributed by atoms with van der Waals surface area (Å²) in [5.74, 6) is 0.148. The van der Waals surface area contributed by atoms with Gasteiger partial charge in [-0.15, -0.1) is 0 Å². The van der Waals surface area contributed by atoms with Crippen LogP contribution in [0.1, 0.15) is 50.2 Å². The van der Waals surface area contributed by atoms with Crippen molar-refractivity contribution in [3.63, 3.8) is 0 Å². The van der Waals surface area contributed by atoms with E-state index in [0.717, 1.165) is 12.0 Å². The van der Waals surface area contributed by atoms with Crippen LogP contribution < -0.4 is 5.73 Å². The minimum Gasteiger partial charge on any atom is -0.384 e. The van der Waals surface area contributed by atoms with Gasteiger partial charge in [-0.2, -0.15) is 0 Å². The van der Waals surface area contributed by atoms with Crippen LogP contribution in [-0.2, 0) is 6.42 Å². The molecule has 1 aromatic carbocycles. The number of rotatable bonds is 7. The molecule has 1 aromatic rings. The quantitative estimate of drug-likeness (QED) is 0.411. The van der Waals surface area contributed by atoms with Gasteiger partial charge in [0.1, 0.15) is 5.84 Å². The van der Waals surface area contributed by atoms with Crippen molar-refractivity contribution < 1.29 is 0 Å². The molecule has 0 saturated carbocycles. The van der Waals surface area contributed by atoms with E-state index in [4.69, 9.17) is 11.1 Å². The van der Waals surface area contributed by atoms with Gasteiger partial charge in [-0.25, -0.2) is 0 Å². The van der Waals surface area contributed by atoms with Crippen LogP contribution in [0, 0.1) is 5.41 Å². The van der Waals surface area contributed by atoms with Gasteiger partial charge in [-0.05, 0) is 18.4 Å². The molecule has 0 fully saturated rings. The minimum absolute atomic E-state index is 0.148. The smallest absolute Gasteiger partial charge is 0.122 e. The summed E-state index contributed by atoms with van der Waals surface area (Å²) in [5.41, 5.74) is 7.57. The molecule has 0 unspecified atom stereocenters. The molecule has 88 valence electrons. The van der Waals surface area contributed by atoms with E-state index >= 15 is 0 Å². The Labute approximate surface area is 98.4 Å². The Hall–Kier alpha value is -1.31. The Kier molecular flexibility index (Phi) is 5.62. The van der Waals surface area contributed by atoms with E-state index in [2.05, 4.69) is 19.1 Å². The molecule has 16 heavy (non-hydrogen) atoms. The number of unbranched alkanes of at least 4 members (excludes halogenated alkanes) is 4. The van der Waals surface area contributed by atoms with Crippen molar-refractivity contribution in [1.29, 1.82) is 5.41 Å². The van der Waals surface area contributed by atoms with Crippen molar-refractivity contribution in [2.24, 2.45) is 5.73 Å². The van der Waals surface area contributed by atoms with E-state index in [1.54, 1.807) is 0 Å². The maximum atomic E-state index is 7.30. The van der Waals surface area contributed by atoms with Crippen LogP contribution >= 0.6 is 0 Å². The molecule has 0 saturated heterocycles. The molecular formula is C14H22N2. The average Bonchev–Trinajstić information content (AvgIpc) is 2.29. The summed E-state index contributed by atoms with van der Waals surface area (Å²) in [5, 5.41) is 7.30. The normalized spacial score (nSPS) is 10.3. The third kappa shape index (κ3) is 4.47. The van der Waals surface area contributed by atoms with Gasteiger partial charge in [-0.3, -0.25) is 5.41 Å². The second kappa shape index (κ2) is 7.04. The Morgan fingerprint density at radius 3 is 2.25 bits per heavy atom. The number of aryl methyl sites for hydroxylation is 1. The maximum absolute atomic E-state index is 7.30. The maximum Gasteiger partial charge on any atom is 0.122 e. The topological polar surface area (TPSA) is 49.9 Å². The lowest BCUT2D eigenvalue weighted by Gasteiger charge is -2.03. The van der Waals surface area contributed by atoms with Gasteiger partial charge in [0.15, 0.2) is 0 Å². The number of nitrogens with one attached hydrogen (secondary N) is 1. The zero-order chi connectivity index (χ0) is 11.8. The summed E-state index contributed by atoms with van der Waals surface area (Å²) in [6, 6.07) is 8.03. The van der Waals surface area contributed by atoms with Crippen LogP contribution in [0.15, 0.2) is 24.3 Å². The summed E-state index contributed by atoms with van der Waals surface area (Å²) < 4.78 is 0. The van der Waals surface area contributed by atoms with Crippen LogP contribution in [0.3, 0.4) is 0 Å². The third-order valence-corrected chi connectivity index (χ3v) is 2.83. The van der Waals surface area contributed by atoms with Gasteiger partial charge in [0, 0.05) is 5.56 Å². The number of hydrogen-bond acceptors (Lipinski definition) is 1. The van der Waals surface area contributed by atoms with Crippen LogP contribution in [-0.4, -0.2) is 5.84 Å². The molecule has 0 aliphatic rings. The van der Waals surface area contributed by atoms with E-state index in [0.29, 0.717) is 0 Å². The fraction of sp³-hybridized carbons (Fsp3) is 0.500. The Morgan fingerprint density at radius 1 is 1.06 bits per heavy atom. The van der Waals surface area contributed by atoms with Crippen molar-refractivity contribution >= 4 is 5.84 Å². The Balaban J connectivity index is 2.29. The predicted molar refractivity (Wildman–Crippen MR) is 69.9 cm³/mol. The molecule has 0 amide bonds. The Morgan fingerprint density at radius 2 is 1.69 bits per heavy atom. The summed E-state index contributed by atoms with van der Waals surface area (Å²) >= 11 is 0. The lowest BCUT2D eigenvalue weighted by molar-refractivity contribution is 0.632. The van der Waals surface area contributed by atoms with Crippen molar-refractivity contribution in [3.8, 4) is 0 Å².